The van der Waals surface area contributed by atoms with Crippen molar-refractivity contribution in [2.24, 2.45) is 10.7 Å². The normalized spacial score (nSPS) is 24.2. The van der Waals surface area contributed by atoms with Gasteiger partial charge in [0.1, 0.15) is 0 Å². The molecule has 3 nitrogen and oxygen atoms in total. The van der Waals surface area contributed by atoms with Crippen molar-refractivity contribution in [3.8, 4) is 0 Å². The Labute approximate surface area is 115 Å². The minimum absolute atomic E-state index is 0.271. The molecule has 3 N–H and O–H groups in total. The zero-order valence-corrected chi connectivity index (χ0v) is 11.4. The van der Waals surface area contributed by atoms with E-state index in [-0.39, 0.29) is 6.04 Å². The molecule has 0 aromatic heterocycles. The molecule has 0 spiro atoms. The highest BCUT2D eigenvalue weighted by molar-refractivity contribution is 5.82. The first-order chi connectivity index (χ1) is 9.31. The first kappa shape index (κ1) is 12.5. The van der Waals surface area contributed by atoms with Crippen LogP contribution < -0.4 is 11.1 Å². The van der Waals surface area contributed by atoms with Gasteiger partial charge in [0.15, 0.2) is 0 Å². The number of benzene rings is 1. The van der Waals surface area contributed by atoms with Crippen molar-refractivity contribution >= 4 is 11.5 Å². The van der Waals surface area contributed by atoms with Gasteiger partial charge in [-0.3, -0.25) is 4.99 Å². The highest BCUT2D eigenvalue weighted by atomic mass is 14.9. The highest BCUT2D eigenvalue weighted by Gasteiger charge is 2.18. The van der Waals surface area contributed by atoms with Crippen LogP contribution in [0.4, 0.5) is 5.69 Å². The molecule has 1 aromatic rings. The monoisotopic (exact) mass is 257 g/mol. The SMILES string of the molecule is NC1=NC(c2cccc(NC3CCCCC3)c2)CC1. The summed E-state index contributed by atoms with van der Waals surface area (Å²) >= 11 is 0. The summed E-state index contributed by atoms with van der Waals surface area (Å²) in [6, 6.07) is 9.64. The number of hydrogen-bond donors (Lipinski definition) is 2. The van der Waals surface area contributed by atoms with E-state index in [1.54, 1.807) is 0 Å². The second-order valence-electron chi connectivity index (χ2n) is 5.78. The zero-order chi connectivity index (χ0) is 13.1. The first-order valence-electron chi connectivity index (χ1n) is 7.50. The Kier molecular flexibility index (Phi) is 3.72. The van der Waals surface area contributed by atoms with E-state index in [1.807, 2.05) is 0 Å². The van der Waals surface area contributed by atoms with Gasteiger partial charge in [-0.15, -0.1) is 0 Å². The summed E-state index contributed by atoms with van der Waals surface area (Å²) in [5.41, 5.74) is 8.32. The number of rotatable bonds is 3. The van der Waals surface area contributed by atoms with Crippen molar-refractivity contribution in [2.75, 3.05) is 5.32 Å². The predicted molar refractivity (Wildman–Crippen MR) is 80.5 cm³/mol. The molecule has 1 atom stereocenters. The number of hydrogen-bond acceptors (Lipinski definition) is 3. The second-order valence-corrected chi connectivity index (χ2v) is 5.78. The van der Waals surface area contributed by atoms with E-state index >= 15 is 0 Å². The highest BCUT2D eigenvalue weighted by Crippen LogP contribution is 2.30. The predicted octanol–water partition coefficient (Wildman–Crippen LogP) is 3.62. The van der Waals surface area contributed by atoms with E-state index in [0.717, 1.165) is 18.7 Å². The molecule has 1 fully saturated rings. The van der Waals surface area contributed by atoms with E-state index < -0.39 is 0 Å². The van der Waals surface area contributed by atoms with Crippen molar-refractivity contribution in [2.45, 2.75) is 57.0 Å². The minimum atomic E-state index is 0.271. The molecule has 1 heterocycles. The summed E-state index contributed by atoms with van der Waals surface area (Å²) in [6.45, 7) is 0. The maximum atomic E-state index is 5.78. The number of nitrogens with zero attached hydrogens (tertiary/aromatic N) is 1. The zero-order valence-electron chi connectivity index (χ0n) is 11.4. The summed E-state index contributed by atoms with van der Waals surface area (Å²) in [5.74, 6) is 0.802. The molecule has 102 valence electrons. The fourth-order valence-corrected chi connectivity index (χ4v) is 3.17. The van der Waals surface area contributed by atoms with Gasteiger partial charge in [0.25, 0.3) is 0 Å². The molecule has 0 saturated heterocycles. The van der Waals surface area contributed by atoms with Gasteiger partial charge in [-0.25, -0.2) is 0 Å². The van der Waals surface area contributed by atoms with E-state index in [9.17, 15) is 0 Å². The lowest BCUT2D eigenvalue weighted by Gasteiger charge is -2.24. The minimum Gasteiger partial charge on any atom is -0.387 e. The summed E-state index contributed by atoms with van der Waals surface area (Å²) in [7, 11) is 0. The lowest BCUT2D eigenvalue weighted by molar-refractivity contribution is 0.462. The number of aliphatic imine (C=N–C) groups is 1. The number of amidine groups is 1. The Morgan fingerprint density at radius 1 is 1.11 bits per heavy atom. The lowest BCUT2D eigenvalue weighted by Crippen LogP contribution is -2.22. The maximum absolute atomic E-state index is 5.78. The number of nitrogens with two attached hydrogens (primary N) is 1. The van der Waals surface area contributed by atoms with Gasteiger partial charge >= 0.3 is 0 Å². The van der Waals surface area contributed by atoms with Crippen LogP contribution in [0.1, 0.15) is 56.6 Å². The molecule has 19 heavy (non-hydrogen) atoms. The Bertz CT molecular complexity index is 461. The van der Waals surface area contributed by atoms with Crippen molar-refractivity contribution in [3.05, 3.63) is 29.8 Å². The smallest absolute Gasteiger partial charge is 0.0945 e. The molecule has 1 aliphatic heterocycles. The van der Waals surface area contributed by atoms with Crippen LogP contribution in [0.3, 0.4) is 0 Å². The molecule has 3 heteroatoms. The van der Waals surface area contributed by atoms with Gasteiger partial charge in [0.2, 0.25) is 0 Å². The molecule has 1 unspecified atom stereocenters. The average molecular weight is 257 g/mol. The molecular weight excluding hydrogens is 234 g/mol. The van der Waals surface area contributed by atoms with Gasteiger partial charge in [-0.1, -0.05) is 31.4 Å². The molecule has 1 aliphatic carbocycles. The Morgan fingerprint density at radius 3 is 2.68 bits per heavy atom. The third kappa shape index (κ3) is 3.09. The molecule has 2 aliphatic rings. The van der Waals surface area contributed by atoms with Crippen molar-refractivity contribution in [3.63, 3.8) is 0 Å². The van der Waals surface area contributed by atoms with Gasteiger partial charge < -0.3 is 11.1 Å². The van der Waals surface area contributed by atoms with Gasteiger partial charge in [0.05, 0.1) is 11.9 Å². The fourth-order valence-electron chi connectivity index (χ4n) is 3.17. The topological polar surface area (TPSA) is 50.4 Å². The third-order valence-electron chi connectivity index (χ3n) is 4.24. The average Bonchev–Trinajstić information content (AvgIpc) is 2.87. The van der Waals surface area contributed by atoms with Gasteiger partial charge in [0, 0.05) is 18.2 Å². The first-order valence-corrected chi connectivity index (χ1v) is 7.50. The quantitative estimate of drug-likeness (QED) is 0.868. The molecule has 0 radical (unpaired) electrons. The lowest BCUT2D eigenvalue weighted by atomic mass is 9.95. The van der Waals surface area contributed by atoms with E-state index in [0.29, 0.717) is 6.04 Å². The van der Waals surface area contributed by atoms with Crippen LogP contribution in [-0.4, -0.2) is 11.9 Å². The van der Waals surface area contributed by atoms with Crippen LogP contribution in [0.25, 0.3) is 0 Å². The maximum Gasteiger partial charge on any atom is 0.0945 e. The van der Waals surface area contributed by atoms with Crippen molar-refractivity contribution in [1.82, 2.24) is 0 Å². The Morgan fingerprint density at radius 2 is 1.95 bits per heavy atom. The van der Waals surface area contributed by atoms with Gasteiger partial charge in [-0.2, -0.15) is 0 Å². The molecule has 0 amide bonds. The summed E-state index contributed by atoms with van der Waals surface area (Å²) in [4.78, 5) is 4.51. The van der Waals surface area contributed by atoms with Crippen LogP contribution in [0, 0.1) is 0 Å². The summed E-state index contributed by atoms with van der Waals surface area (Å²) < 4.78 is 0. The molecular formula is C16H23N3. The van der Waals surface area contributed by atoms with Crippen LogP contribution in [0.2, 0.25) is 0 Å². The third-order valence-corrected chi connectivity index (χ3v) is 4.24. The van der Waals surface area contributed by atoms with E-state index in [4.69, 9.17) is 5.73 Å². The molecule has 0 bridgehead atoms. The number of anilines is 1. The summed E-state index contributed by atoms with van der Waals surface area (Å²) in [5, 5.41) is 3.68. The standard InChI is InChI=1S/C16H23N3/c17-16-10-9-15(19-16)12-5-4-8-14(11-12)18-13-6-2-1-3-7-13/h4-5,8,11,13,15,18H,1-3,6-7,9-10H2,(H2,17,19). The van der Waals surface area contributed by atoms with Crippen LogP contribution in [0.5, 0.6) is 0 Å². The molecule has 3 rings (SSSR count). The van der Waals surface area contributed by atoms with Crippen molar-refractivity contribution < 1.29 is 0 Å². The molecule has 1 aromatic carbocycles. The Balaban J connectivity index is 1.69. The second kappa shape index (κ2) is 5.64. The molecule has 1 saturated carbocycles. The van der Waals surface area contributed by atoms with E-state index in [2.05, 4.69) is 34.6 Å². The van der Waals surface area contributed by atoms with E-state index in [1.165, 1.54) is 43.4 Å². The van der Waals surface area contributed by atoms with Gasteiger partial charge in [-0.05, 0) is 37.0 Å². The van der Waals surface area contributed by atoms with Crippen LogP contribution >= 0.6 is 0 Å². The fraction of sp³-hybridized carbons (Fsp3) is 0.562. The van der Waals surface area contributed by atoms with Crippen LogP contribution in [0.15, 0.2) is 29.3 Å². The Hall–Kier alpha value is -1.51. The number of nitrogens with one attached hydrogen (secondary N) is 1. The van der Waals surface area contributed by atoms with Crippen molar-refractivity contribution in [1.29, 1.82) is 0 Å². The summed E-state index contributed by atoms with van der Waals surface area (Å²) in [6.07, 6.45) is 8.72. The largest absolute Gasteiger partial charge is 0.387 e. The van der Waals surface area contributed by atoms with Crippen LogP contribution in [-0.2, 0) is 0 Å².